The fourth-order valence-corrected chi connectivity index (χ4v) is 7.96. The summed E-state index contributed by atoms with van der Waals surface area (Å²) in [6.45, 7) is -4.33. The maximum absolute atomic E-state index is 17.9. The number of nitriles is 2. The van der Waals surface area contributed by atoms with Crippen LogP contribution in [0.25, 0.3) is 16.8 Å². The number of hydrogen-bond acceptors (Lipinski definition) is 2. The number of fused-ring (bicyclic) bond motifs is 5. The molecule has 4 nitrogen and oxygen atoms in total. The van der Waals surface area contributed by atoms with Crippen molar-refractivity contribution in [3.63, 3.8) is 0 Å². The van der Waals surface area contributed by atoms with Crippen molar-refractivity contribution in [2.24, 2.45) is 0 Å². The smallest absolute Gasteiger partial charge is 0.389 e. The zero-order valence-corrected chi connectivity index (χ0v) is 27.3. The van der Waals surface area contributed by atoms with Crippen molar-refractivity contribution < 1.29 is 13.1 Å². The summed E-state index contributed by atoms with van der Waals surface area (Å²) in [5.74, 6) is 0. The van der Waals surface area contributed by atoms with Crippen molar-refractivity contribution in [1.82, 2.24) is 4.48 Å². The van der Waals surface area contributed by atoms with E-state index < -0.39 is 6.97 Å². The highest BCUT2D eigenvalue weighted by molar-refractivity contribution is 6.59. The summed E-state index contributed by atoms with van der Waals surface area (Å²) in [5, 5.41) is 19.1. The van der Waals surface area contributed by atoms with Crippen molar-refractivity contribution in [2.45, 2.75) is 51.4 Å². The predicted molar refractivity (Wildman–Crippen MR) is 185 cm³/mol. The van der Waals surface area contributed by atoms with Crippen LogP contribution in [-0.2, 0) is 12.8 Å². The molecule has 0 saturated carbocycles. The minimum absolute atomic E-state index is 0.194. The summed E-state index contributed by atoms with van der Waals surface area (Å²) < 4.78 is 38.6. The van der Waals surface area contributed by atoms with E-state index in [-0.39, 0.29) is 5.34 Å². The summed E-state index contributed by atoms with van der Waals surface area (Å²) in [4.78, 5) is 0. The van der Waals surface area contributed by atoms with Crippen LogP contribution in [0.2, 0.25) is 0 Å². The van der Waals surface area contributed by atoms with Gasteiger partial charge in [0, 0.05) is 28.1 Å². The Morgan fingerprint density at radius 3 is 1.74 bits per heavy atom. The van der Waals surface area contributed by atoms with Crippen LogP contribution in [0.15, 0.2) is 95.7 Å². The van der Waals surface area contributed by atoms with Gasteiger partial charge in [0.2, 0.25) is 0 Å². The molecule has 0 radical (unpaired) electrons. The van der Waals surface area contributed by atoms with Gasteiger partial charge < -0.3 is 17.6 Å². The number of benzene rings is 3. The number of aromatic nitrogens is 1. The molecule has 0 fully saturated rings. The van der Waals surface area contributed by atoms with Gasteiger partial charge in [0.15, 0.2) is 11.4 Å². The van der Waals surface area contributed by atoms with Crippen LogP contribution in [0, 0.1) is 22.7 Å². The van der Waals surface area contributed by atoms with Crippen molar-refractivity contribution in [1.29, 1.82) is 10.5 Å². The van der Waals surface area contributed by atoms with E-state index in [9.17, 15) is 10.5 Å². The second-order valence-electron chi connectivity index (χ2n) is 12.3. The second kappa shape index (κ2) is 12.6. The Kier molecular flexibility index (Phi) is 8.39. The van der Waals surface area contributed by atoms with Gasteiger partial charge in [0.25, 0.3) is 0 Å². The highest BCUT2D eigenvalue weighted by Gasteiger charge is 2.59. The topological polar surface area (TPSA) is 55.5 Å². The van der Waals surface area contributed by atoms with Gasteiger partial charge in [-0.1, -0.05) is 42.5 Å². The molecule has 0 saturated heterocycles. The van der Waals surface area contributed by atoms with Gasteiger partial charge >= 0.3 is 6.97 Å². The third-order valence-electron chi connectivity index (χ3n) is 9.77. The third kappa shape index (κ3) is 5.05. The minimum Gasteiger partial charge on any atom is -0.389 e. The van der Waals surface area contributed by atoms with Crippen molar-refractivity contribution in [2.75, 3.05) is 5.34 Å². The van der Waals surface area contributed by atoms with Gasteiger partial charge in [-0.05, 0) is 110 Å². The van der Waals surface area contributed by atoms with E-state index in [1.165, 1.54) is 8.96 Å². The molecule has 4 aromatic rings. The quantitative estimate of drug-likeness (QED) is 0.162. The number of nitrogens with zero attached hydrogens (tertiary/aromatic N) is 4. The molecular formula is C38H31BCl2F2N4. The number of halogens is 4. The van der Waals surface area contributed by atoms with Crippen LogP contribution in [0.5, 0.6) is 0 Å². The Labute approximate surface area is 283 Å². The first-order chi connectivity index (χ1) is 22.9. The molecule has 0 bridgehead atoms. The second-order valence-corrected chi connectivity index (χ2v) is 13.1. The van der Waals surface area contributed by atoms with Crippen LogP contribution < -0.4 is 0 Å². The third-order valence-corrected chi connectivity index (χ3v) is 9.77. The van der Waals surface area contributed by atoms with Crippen molar-refractivity contribution in [3.05, 3.63) is 135 Å². The molecule has 0 unspecified atom stereocenters. The average molecular weight is 663 g/mol. The molecule has 2 aliphatic heterocycles. The number of hydrogen-bond donors (Lipinski definition) is 0. The van der Waals surface area contributed by atoms with E-state index in [4.69, 9.17) is 23.2 Å². The summed E-state index contributed by atoms with van der Waals surface area (Å²) in [6.07, 6.45) is 6.85. The number of rotatable bonds is 3. The Morgan fingerprint density at radius 2 is 1.17 bits per heavy atom. The Bertz CT molecular complexity index is 2060. The first-order valence-electron chi connectivity index (χ1n) is 16.0. The predicted octanol–water partition coefficient (Wildman–Crippen LogP) is 9.58. The molecule has 2 aliphatic carbocycles. The molecule has 4 aliphatic rings. The molecule has 8 rings (SSSR count). The molecule has 0 amide bonds. The summed E-state index contributed by atoms with van der Waals surface area (Å²) >= 11 is 9.53. The zero-order chi connectivity index (χ0) is 32.7. The molecule has 0 spiro atoms. The van der Waals surface area contributed by atoms with E-state index >= 15 is 8.63 Å². The van der Waals surface area contributed by atoms with Gasteiger partial charge in [0.1, 0.15) is 0 Å². The van der Waals surface area contributed by atoms with Gasteiger partial charge in [-0.2, -0.15) is 10.5 Å². The Balaban J connectivity index is 0.00000113. The summed E-state index contributed by atoms with van der Waals surface area (Å²) in [5.41, 5.74) is 10.8. The highest BCUT2D eigenvalue weighted by atomic mass is 35.5. The lowest BCUT2D eigenvalue weighted by Gasteiger charge is -2.35. The Hall–Kier alpha value is -4.43. The molecule has 234 valence electrons. The van der Waals surface area contributed by atoms with Gasteiger partial charge in [-0.25, -0.2) is 0 Å². The van der Waals surface area contributed by atoms with Gasteiger partial charge in [0.05, 0.1) is 34.2 Å². The molecule has 9 heteroatoms. The molecular weight excluding hydrogens is 632 g/mol. The SMILES string of the molecule is ClCCl.N#Cc1ccc(C2=[N+]3C(=C(c4ccccc4)c4c5c(c(-c6ccc(C#N)cc6)n4[B-]3(F)F)CCCC5)C3=C2CCCC3)cc1. The first-order valence-corrected chi connectivity index (χ1v) is 17.1. The van der Waals surface area contributed by atoms with E-state index in [1.54, 1.807) is 24.3 Å². The van der Waals surface area contributed by atoms with Crippen LogP contribution in [-0.4, -0.2) is 27.0 Å². The standard InChI is InChI=1S/C37H29BF2N4.CH2Cl2/c39-38(40)43-34(27-18-14-24(22-41)15-19-27)29-10-4-6-12-31(29)36(43)33(26-8-2-1-3-9-26)37-32-13-7-5-11-30(32)35(44(37)38)28-20-16-25(23-42)17-21-28;2-1-3/h1-3,8-9,14-21H,4-7,10-13H2;1H2. The molecule has 0 atom stereocenters. The van der Waals surface area contributed by atoms with Gasteiger partial charge in [-0.3, -0.25) is 0 Å². The summed E-state index contributed by atoms with van der Waals surface area (Å²) in [7, 11) is 0. The normalized spacial score (nSPS) is 17.5. The maximum atomic E-state index is 17.9. The van der Waals surface area contributed by atoms with E-state index in [0.717, 1.165) is 84.8 Å². The molecule has 3 heterocycles. The fourth-order valence-electron chi connectivity index (χ4n) is 7.96. The van der Waals surface area contributed by atoms with Crippen LogP contribution in [0.4, 0.5) is 8.63 Å². The summed E-state index contributed by atoms with van der Waals surface area (Å²) in [6, 6.07) is 28.6. The van der Waals surface area contributed by atoms with E-state index in [1.807, 2.05) is 54.6 Å². The fraction of sp³-hybridized carbons (Fsp3) is 0.237. The molecule has 1 aromatic heterocycles. The highest BCUT2D eigenvalue weighted by Crippen LogP contribution is 2.52. The Morgan fingerprint density at radius 1 is 0.660 bits per heavy atom. The lowest BCUT2D eigenvalue weighted by Crippen LogP contribution is -2.52. The first kappa shape index (κ1) is 31.2. The van der Waals surface area contributed by atoms with Gasteiger partial charge in [-0.15, -0.1) is 23.2 Å². The minimum atomic E-state index is -4.33. The molecule has 3 aromatic carbocycles. The largest absolute Gasteiger partial charge is 0.737 e. The number of allylic oxidation sites excluding steroid dienone is 2. The molecule has 0 N–H and O–H groups in total. The zero-order valence-electron chi connectivity index (χ0n) is 25.7. The lowest BCUT2D eigenvalue weighted by atomic mass is 9.81. The van der Waals surface area contributed by atoms with Crippen molar-refractivity contribution >= 4 is 41.5 Å². The van der Waals surface area contributed by atoms with Crippen LogP contribution >= 0.6 is 23.2 Å². The van der Waals surface area contributed by atoms with E-state index in [2.05, 4.69) is 12.1 Å². The number of alkyl halides is 2. The lowest BCUT2D eigenvalue weighted by molar-refractivity contribution is -0.362. The van der Waals surface area contributed by atoms with E-state index in [0.29, 0.717) is 45.1 Å². The van der Waals surface area contributed by atoms with Crippen LogP contribution in [0.1, 0.15) is 77.6 Å². The molecule has 47 heavy (non-hydrogen) atoms. The maximum Gasteiger partial charge on any atom is 0.737 e. The average Bonchev–Trinajstić information content (AvgIpc) is 3.65. The van der Waals surface area contributed by atoms with Crippen molar-refractivity contribution in [3.8, 4) is 23.4 Å². The monoisotopic (exact) mass is 662 g/mol. The van der Waals surface area contributed by atoms with Crippen LogP contribution in [0.3, 0.4) is 0 Å².